The lowest BCUT2D eigenvalue weighted by molar-refractivity contribution is -0.137. The van der Waals surface area contributed by atoms with Crippen molar-refractivity contribution in [3.8, 4) is 5.75 Å². The first-order valence-electron chi connectivity index (χ1n) is 8.83. The molecule has 0 radical (unpaired) electrons. The SMILES string of the molecule is O=C1CCCN1CC(=O)N1C[C@H]2CC[C@@H](Oc3cccnc3)[C@H]2C1. The van der Waals surface area contributed by atoms with E-state index in [4.69, 9.17) is 4.74 Å². The van der Waals surface area contributed by atoms with Gasteiger partial charge in [-0.25, -0.2) is 0 Å². The zero-order chi connectivity index (χ0) is 16.5. The largest absolute Gasteiger partial charge is 0.488 e. The Kier molecular flexibility index (Phi) is 4.12. The molecule has 2 saturated heterocycles. The van der Waals surface area contributed by atoms with E-state index in [9.17, 15) is 9.59 Å². The van der Waals surface area contributed by atoms with Gasteiger partial charge >= 0.3 is 0 Å². The molecule has 0 unspecified atom stereocenters. The molecule has 1 saturated carbocycles. The van der Waals surface area contributed by atoms with Gasteiger partial charge in [0, 0.05) is 38.2 Å². The second kappa shape index (κ2) is 6.42. The molecule has 24 heavy (non-hydrogen) atoms. The van der Waals surface area contributed by atoms with Crippen LogP contribution in [0.15, 0.2) is 24.5 Å². The van der Waals surface area contributed by atoms with Gasteiger partial charge in [0.25, 0.3) is 0 Å². The van der Waals surface area contributed by atoms with Crippen molar-refractivity contribution in [2.24, 2.45) is 11.8 Å². The van der Waals surface area contributed by atoms with Crippen LogP contribution in [0.25, 0.3) is 0 Å². The van der Waals surface area contributed by atoms with E-state index in [2.05, 4.69) is 4.98 Å². The molecule has 6 heteroatoms. The molecule has 3 atom stereocenters. The van der Waals surface area contributed by atoms with E-state index in [-0.39, 0.29) is 24.5 Å². The highest BCUT2D eigenvalue weighted by atomic mass is 16.5. The van der Waals surface area contributed by atoms with Crippen LogP contribution in [0.2, 0.25) is 0 Å². The van der Waals surface area contributed by atoms with E-state index in [1.54, 1.807) is 17.3 Å². The third-order valence-corrected chi connectivity index (χ3v) is 5.56. The lowest BCUT2D eigenvalue weighted by atomic mass is 9.99. The van der Waals surface area contributed by atoms with Crippen LogP contribution >= 0.6 is 0 Å². The zero-order valence-corrected chi connectivity index (χ0v) is 13.8. The number of ether oxygens (including phenoxy) is 1. The van der Waals surface area contributed by atoms with Gasteiger partial charge in [-0.15, -0.1) is 0 Å². The average molecular weight is 329 g/mol. The van der Waals surface area contributed by atoms with Crippen molar-refractivity contribution in [3.63, 3.8) is 0 Å². The van der Waals surface area contributed by atoms with Gasteiger partial charge in [-0.2, -0.15) is 0 Å². The average Bonchev–Trinajstić information content (AvgIpc) is 3.27. The number of aromatic nitrogens is 1. The third kappa shape index (κ3) is 2.97. The van der Waals surface area contributed by atoms with Gasteiger partial charge in [0.2, 0.25) is 11.8 Å². The second-order valence-electron chi connectivity index (χ2n) is 7.06. The fourth-order valence-electron chi connectivity index (χ4n) is 4.29. The van der Waals surface area contributed by atoms with Crippen molar-refractivity contribution in [1.82, 2.24) is 14.8 Å². The zero-order valence-electron chi connectivity index (χ0n) is 13.8. The number of rotatable bonds is 4. The smallest absolute Gasteiger partial charge is 0.242 e. The monoisotopic (exact) mass is 329 g/mol. The normalized spacial score (nSPS) is 29.2. The maximum absolute atomic E-state index is 12.5. The van der Waals surface area contributed by atoms with E-state index >= 15 is 0 Å². The Hall–Kier alpha value is -2.11. The molecule has 0 N–H and O–H groups in total. The topological polar surface area (TPSA) is 62.7 Å². The van der Waals surface area contributed by atoms with Crippen molar-refractivity contribution < 1.29 is 14.3 Å². The number of carbonyl (C=O) groups excluding carboxylic acids is 2. The molecule has 0 spiro atoms. The van der Waals surface area contributed by atoms with E-state index in [0.29, 0.717) is 18.3 Å². The van der Waals surface area contributed by atoms with Crippen molar-refractivity contribution in [3.05, 3.63) is 24.5 Å². The third-order valence-electron chi connectivity index (χ3n) is 5.56. The molecule has 4 rings (SSSR count). The highest BCUT2D eigenvalue weighted by molar-refractivity contribution is 5.86. The molecule has 0 bridgehead atoms. The summed E-state index contributed by atoms with van der Waals surface area (Å²) in [7, 11) is 0. The number of pyridine rings is 1. The predicted octanol–water partition coefficient (Wildman–Crippen LogP) is 1.32. The number of likely N-dealkylation sites (tertiary alicyclic amines) is 2. The molecule has 0 aromatic carbocycles. The van der Waals surface area contributed by atoms with Crippen molar-refractivity contribution in [1.29, 1.82) is 0 Å². The van der Waals surface area contributed by atoms with Gasteiger partial charge in [-0.05, 0) is 37.3 Å². The molecular formula is C18H23N3O3. The number of hydrogen-bond donors (Lipinski definition) is 0. The first-order chi connectivity index (χ1) is 11.7. The number of nitrogens with zero attached hydrogens (tertiary/aromatic N) is 3. The molecule has 1 aliphatic carbocycles. The summed E-state index contributed by atoms with van der Waals surface area (Å²) in [4.78, 5) is 31.9. The minimum absolute atomic E-state index is 0.0831. The predicted molar refractivity (Wildman–Crippen MR) is 87.3 cm³/mol. The quantitative estimate of drug-likeness (QED) is 0.836. The minimum Gasteiger partial charge on any atom is -0.488 e. The van der Waals surface area contributed by atoms with Crippen LogP contribution in [0.3, 0.4) is 0 Å². The van der Waals surface area contributed by atoms with Crippen LogP contribution in [0, 0.1) is 11.8 Å². The second-order valence-corrected chi connectivity index (χ2v) is 7.06. The highest BCUT2D eigenvalue weighted by Crippen LogP contribution is 2.40. The van der Waals surface area contributed by atoms with Crippen LogP contribution in [0.5, 0.6) is 5.75 Å². The molecular weight excluding hydrogens is 306 g/mol. The van der Waals surface area contributed by atoms with Crippen LogP contribution in [0.4, 0.5) is 0 Å². The maximum atomic E-state index is 12.5. The molecule has 1 aromatic rings. The summed E-state index contributed by atoms with van der Waals surface area (Å²) in [5, 5.41) is 0. The summed E-state index contributed by atoms with van der Waals surface area (Å²) in [6.07, 6.45) is 7.23. The van der Waals surface area contributed by atoms with Crippen molar-refractivity contribution >= 4 is 11.8 Å². The van der Waals surface area contributed by atoms with Crippen LogP contribution in [0.1, 0.15) is 25.7 Å². The summed E-state index contributed by atoms with van der Waals surface area (Å²) < 4.78 is 6.10. The van der Waals surface area contributed by atoms with E-state index in [1.165, 1.54) is 0 Å². The van der Waals surface area contributed by atoms with Gasteiger partial charge in [-0.1, -0.05) is 0 Å². The van der Waals surface area contributed by atoms with Crippen LogP contribution in [-0.4, -0.2) is 58.9 Å². The van der Waals surface area contributed by atoms with Gasteiger partial charge < -0.3 is 14.5 Å². The Balaban J connectivity index is 1.35. The number of hydrogen-bond acceptors (Lipinski definition) is 4. The van der Waals surface area contributed by atoms with Gasteiger partial charge in [-0.3, -0.25) is 14.6 Å². The van der Waals surface area contributed by atoms with E-state index in [0.717, 1.165) is 44.6 Å². The molecule has 3 fully saturated rings. The highest BCUT2D eigenvalue weighted by Gasteiger charge is 2.45. The van der Waals surface area contributed by atoms with E-state index < -0.39 is 0 Å². The summed E-state index contributed by atoms with van der Waals surface area (Å²) in [6.45, 7) is 2.51. The Morgan fingerprint density at radius 1 is 1.33 bits per heavy atom. The van der Waals surface area contributed by atoms with Crippen LogP contribution < -0.4 is 4.74 Å². The van der Waals surface area contributed by atoms with Crippen molar-refractivity contribution in [2.45, 2.75) is 31.8 Å². The Morgan fingerprint density at radius 3 is 3.00 bits per heavy atom. The minimum atomic E-state index is 0.0831. The maximum Gasteiger partial charge on any atom is 0.242 e. The van der Waals surface area contributed by atoms with Crippen LogP contribution in [-0.2, 0) is 9.59 Å². The summed E-state index contributed by atoms with van der Waals surface area (Å²) in [5.41, 5.74) is 0. The lowest BCUT2D eigenvalue weighted by Gasteiger charge is -2.23. The molecule has 1 aromatic heterocycles. The molecule has 2 amide bonds. The van der Waals surface area contributed by atoms with Gasteiger partial charge in [0.05, 0.1) is 12.7 Å². The Labute approximate surface area is 141 Å². The molecule has 2 aliphatic heterocycles. The number of carbonyl (C=O) groups is 2. The van der Waals surface area contributed by atoms with Gasteiger partial charge in [0.1, 0.15) is 11.9 Å². The number of amides is 2. The molecule has 6 nitrogen and oxygen atoms in total. The Bertz CT molecular complexity index is 621. The first-order valence-corrected chi connectivity index (χ1v) is 8.83. The molecule has 3 aliphatic rings. The molecule has 3 heterocycles. The summed E-state index contributed by atoms with van der Waals surface area (Å²) >= 11 is 0. The first kappa shape index (κ1) is 15.4. The Morgan fingerprint density at radius 2 is 2.25 bits per heavy atom. The summed E-state index contributed by atoms with van der Waals surface area (Å²) in [6, 6.07) is 3.80. The molecule has 128 valence electrons. The number of fused-ring (bicyclic) bond motifs is 1. The fraction of sp³-hybridized carbons (Fsp3) is 0.611. The van der Waals surface area contributed by atoms with E-state index in [1.807, 2.05) is 17.0 Å². The summed E-state index contributed by atoms with van der Waals surface area (Å²) in [5.74, 6) is 1.91. The van der Waals surface area contributed by atoms with Crippen molar-refractivity contribution in [2.75, 3.05) is 26.2 Å². The van der Waals surface area contributed by atoms with Gasteiger partial charge in [0.15, 0.2) is 0 Å². The standard InChI is InChI=1S/C18H23N3O3/c22-17-4-2-8-20(17)12-18(23)21-10-13-5-6-16(15(13)11-21)24-14-3-1-7-19-9-14/h1,3,7,9,13,15-16H,2,4-6,8,10-12H2/t13-,15+,16-/m1/s1. The lowest BCUT2D eigenvalue weighted by Crippen LogP contribution is -2.40. The fourth-order valence-corrected chi connectivity index (χ4v) is 4.29.